The average Bonchev–Trinajstić information content (AvgIpc) is 2.33. The Kier molecular flexibility index (Phi) is 2.77. The molecule has 0 aliphatic heterocycles. The highest BCUT2D eigenvalue weighted by atomic mass is 16.3. The third kappa shape index (κ3) is 2.14. The number of rotatable bonds is 2. The smallest absolute Gasteiger partial charge is 0.275 e. The van der Waals surface area contributed by atoms with Crippen LogP contribution in [0.2, 0.25) is 0 Å². The van der Waals surface area contributed by atoms with Crippen molar-refractivity contribution >= 4 is 11.6 Å². The molecule has 0 aliphatic rings. The summed E-state index contributed by atoms with van der Waals surface area (Å²) in [5.41, 5.74) is 0.545. The molecule has 1 amide bonds. The predicted octanol–water partition coefficient (Wildman–Crippen LogP) is 1.43. The lowest BCUT2D eigenvalue weighted by atomic mass is 10.3. The zero-order valence-corrected chi connectivity index (χ0v) is 8.29. The van der Waals surface area contributed by atoms with Crippen LogP contribution in [0.1, 0.15) is 10.5 Å². The second-order valence-electron chi connectivity index (χ2n) is 3.06. The highest BCUT2D eigenvalue weighted by molar-refractivity contribution is 6.03. The van der Waals surface area contributed by atoms with Crippen molar-refractivity contribution in [3.8, 4) is 5.75 Å². The molecule has 0 bridgehead atoms. The summed E-state index contributed by atoms with van der Waals surface area (Å²) in [5.74, 6) is -0.394. The van der Waals surface area contributed by atoms with Gasteiger partial charge in [-0.25, -0.2) is 4.98 Å². The second-order valence-corrected chi connectivity index (χ2v) is 3.06. The number of aromatic hydroxyl groups is 1. The lowest BCUT2D eigenvalue weighted by Gasteiger charge is -2.05. The van der Waals surface area contributed by atoms with Crippen LogP contribution in [0.15, 0.2) is 42.9 Å². The van der Waals surface area contributed by atoms with Crippen LogP contribution in [0, 0.1) is 0 Å². The van der Waals surface area contributed by atoms with Crippen LogP contribution in [0.4, 0.5) is 5.69 Å². The molecule has 0 radical (unpaired) electrons. The summed E-state index contributed by atoms with van der Waals surface area (Å²) in [7, 11) is 0. The van der Waals surface area contributed by atoms with E-state index >= 15 is 0 Å². The quantitative estimate of drug-likeness (QED) is 0.743. The molecule has 2 aromatic rings. The van der Waals surface area contributed by atoms with Crippen LogP contribution < -0.4 is 5.32 Å². The topological polar surface area (TPSA) is 75.1 Å². The van der Waals surface area contributed by atoms with E-state index in [1.165, 1.54) is 24.7 Å². The Labute approximate surface area is 91.8 Å². The van der Waals surface area contributed by atoms with Crippen molar-refractivity contribution in [2.45, 2.75) is 0 Å². The zero-order chi connectivity index (χ0) is 11.4. The van der Waals surface area contributed by atoms with Gasteiger partial charge in [-0.1, -0.05) is 12.1 Å². The van der Waals surface area contributed by atoms with Gasteiger partial charge in [-0.2, -0.15) is 0 Å². The summed E-state index contributed by atoms with van der Waals surface area (Å²) in [5, 5.41) is 12.0. The molecular weight excluding hydrogens is 206 g/mol. The molecule has 80 valence electrons. The molecule has 0 saturated heterocycles. The number of benzene rings is 1. The monoisotopic (exact) mass is 215 g/mol. The molecule has 0 unspecified atom stereocenters. The third-order valence-corrected chi connectivity index (χ3v) is 1.95. The summed E-state index contributed by atoms with van der Waals surface area (Å²) >= 11 is 0. The number of nitrogens with zero attached hydrogens (tertiary/aromatic N) is 2. The molecule has 0 saturated carbocycles. The van der Waals surface area contributed by atoms with E-state index in [2.05, 4.69) is 15.3 Å². The molecule has 0 aliphatic carbocycles. The largest absolute Gasteiger partial charge is 0.506 e. The molecule has 2 rings (SSSR count). The Hall–Kier alpha value is -2.43. The summed E-state index contributed by atoms with van der Waals surface area (Å²) < 4.78 is 0. The summed E-state index contributed by atoms with van der Waals surface area (Å²) in [6.45, 7) is 0. The van der Waals surface area contributed by atoms with Crippen LogP contribution in [0.5, 0.6) is 5.75 Å². The van der Waals surface area contributed by atoms with E-state index in [0.717, 1.165) is 0 Å². The fraction of sp³-hybridized carbons (Fsp3) is 0. The number of carbonyl (C=O) groups is 1. The zero-order valence-electron chi connectivity index (χ0n) is 8.29. The minimum Gasteiger partial charge on any atom is -0.506 e. The number of aromatic nitrogens is 2. The van der Waals surface area contributed by atoms with Crippen LogP contribution in [-0.2, 0) is 0 Å². The number of phenols is 1. The minimum absolute atomic E-state index is 0.0136. The van der Waals surface area contributed by atoms with E-state index in [4.69, 9.17) is 0 Å². The number of para-hydroxylation sites is 2. The van der Waals surface area contributed by atoms with Crippen molar-refractivity contribution in [2.24, 2.45) is 0 Å². The maximum atomic E-state index is 11.6. The van der Waals surface area contributed by atoms with Crippen molar-refractivity contribution in [1.29, 1.82) is 0 Å². The highest BCUT2D eigenvalue weighted by Crippen LogP contribution is 2.21. The molecule has 0 atom stereocenters. The van der Waals surface area contributed by atoms with E-state index in [-0.39, 0.29) is 11.4 Å². The number of anilines is 1. The van der Waals surface area contributed by atoms with E-state index < -0.39 is 5.91 Å². The van der Waals surface area contributed by atoms with Gasteiger partial charge in [-0.15, -0.1) is 0 Å². The van der Waals surface area contributed by atoms with Gasteiger partial charge in [-0.3, -0.25) is 9.78 Å². The van der Waals surface area contributed by atoms with Gasteiger partial charge in [0.15, 0.2) is 0 Å². The van der Waals surface area contributed by atoms with Crippen molar-refractivity contribution in [2.75, 3.05) is 5.32 Å². The average molecular weight is 215 g/mol. The van der Waals surface area contributed by atoms with Crippen LogP contribution in [-0.4, -0.2) is 21.0 Å². The standard InChI is InChI=1S/C11H9N3O2/c15-10-4-2-1-3-8(10)14-11(16)9-7-12-5-6-13-9/h1-7,15H,(H,14,16). The number of carbonyl (C=O) groups excluding carboxylic acids is 1. The molecule has 5 nitrogen and oxygen atoms in total. The van der Waals surface area contributed by atoms with Crippen LogP contribution >= 0.6 is 0 Å². The number of hydrogen-bond acceptors (Lipinski definition) is 4. The molecule has 16 heavy (non-hydrogen) atoms. The van der Waals surface area contributed by atoms with Crippen LogP contribution in [0.3, 0.4) is 0 Å². The first-order chi connectivity index (χ1) is 7.77. The van der Waals surface area contributed by atoms with E-state index in [9.17, 15) is 9.90 Å². The fourth-order valence-corrected chi connectivity index (χ4v) is 1.18. The van der Waals surface area contributed by atoms with Crippen molar-refractivity contribution in [3.63, 3.8) is 0 Å². The Balaban J connectivity index is 2.18. The summed E-state index contributed by atoms with van der Waals surface area (Å²) in [6, 6.07) is 6.48. The number of phenolic OH excluding ortho intramolecular Hbond substituents is 1. The lowest BCUT2D eigenvalue weighted by Crippen LogP contribution is -2.13. The third-order valence-electron chi connectivity index (χ3n) is 1.95. The van der Waals surface area contributed by atoms with Gasteiger partial charge in [0.05, 0.1) is 11.9 Å². The molecule has 1 aromatic heterocycles. The molecule has 1 heterocycles. The van der Waals surface area contributed by atoms with E-state index in [1.54, 1.807) is 18.2 Å². The number of nitrogens with one attached hydrogen (secondary N) is 1. The van der Waals surface area contributed by atoms with Gasteiger partial charge in [0.2, 0.25) is 0 Å². The first kappa shape index (κ1) is 10.1. The summed E-state index contributed by atoms with van der Waals surface area (Å²) in [4.78, 5) is 19.3. The van der Waals surface area contributed by atoms with Crippen LogP contribution in [0.25, 0.3) is 0 Å². The Bertz CT molecular complexity index is 500. The number of hydrogen-bond donors (Lipinski definition) is 2. The van der Waals surface area contributed by atoms with Crippen molar-refractivity contribution in [3.05, 3.63) is 48.5 Å². The van der Waals surface area contributed by atoms with Crippen molar-refractivity contribution in [1.82, 2.24) is 9.97 Å². The fourth-order valence-electron chi connectivity index (χ4n) is 1.18. The highest BCUT2D eigenvalue weighted by Gasteiger charge is 2.08. The molecule has 5 heteroatoms. The molecule has 0 fully saturated rings. The Morgan fingerprint density at radius 3 is 2.75 bits per heavy atom. The molecule has 1 aromatic carbocycles. The van der Waals surface area contributed by atoms with Gasteiger partial charge in [-0.05, 0) is 12.1 Å². The van der Waals surface area contributed by atoms with Gasteiger partial charge < -0.3 is 10.4 Å². The normalized spacial score (nSPS) is 9.75. The molecular formula is C11H9N3O2. The van der Waals surface area contributed by atoms with E-state index in [1.807, 2.05) is 0 Å². The minimum atomic E-state index is -0.408. The lowest BCUT2D eigenvalue weighted by molar-refractivity contribution is 0.102. The molecule has 2 N–H and O–H groups in total. The van der Waals surface area contributed by atoms with E-state index in [0.29, 0.717) is 5.69 Å². The second kappa shape index (κ2) is 4.39. The first-order valence-corrected chi connectivity index (χ1v) is 4.63. The molecule has 0 spiro atoms. The van der Waals surface area contributed by atoms with Gasteiger partial charge in [0.1, 0.15) is 11.4 Å². The van der Waals surface area contributed by atoms with Crippen molar-refractivity contribution < 1.29 is 9.90 Å². The number of amides is 1. The van der Waals surface area contributed by atoms with Gasteiger partial charge >= 0.3 is 0 Å². The maximum Gasteiger partial charge on any atom is 0.275 e. The van der Waals surface area contributed by atoms with Gasteiger partial charge in [0.25, 0.3) is 5.91 Å². The van der Waals surface area contributed by atoms with Gasteiger partial charge in [0, 0.05) is 12.4 Å². The maximum absolute atomic E-state index is 11.6. The SMILES string of the molecule is O=C(Nc1ccccc1O)c1cnccn1. The Morgan fingerprint density at radius 2 is 2.06 bits per heavy atom. The summed E-state index contributed by atoms with van der Waals surface area (Å²) in [6.07, 6.45) is 4.27. The first-order valence-electron chi connectivity index (χ1n) is 4.63. The Morgan fingerprint density at radius 1 is 1.25 bits per heavy atom. The predicted molar refractivity (Wildman–Crippen MR) is 58.1 cm³/mol.